The maximum atomic E-state index is 5.43. The van der Waals surface area contributed by atoms with Crippen LogP contribution in [-0.4, -0.2) is 26.0 Å². The van der Waals surface area contributed by atoms with Crippen molar-refractivity contribution in [2.45, 2.75) is 25.5 Å². The molecule has 4 heteroatoms. The summed E-state index contributed by atoms with van der Waals surface area (Å²) < 4.78 is 15.8. The van der Waals surface area contributed by atoms with Gasteiger partial charge < -0.3 is 19.2 Å². The lowest BCUT2D eigenvalue weighted by atomic mass is 10.2. The van der Waals surface area contributed by atoms with Crippen molar-refractivity contribution < 1.29 is 13.9 Å². The van der Waals surface area contributed by atoms with Crippen LogP contribution in [0.4, 0.5) is 0 Å². The van der Waals surface area contributed by atoms with Crippen molar-refractivity contribution in [3.63, 3.8) is 0 Å². The summed E-state index contributed by atoms with van der Waals surface area (Å²) in [5.41, 5.74) is 0. The van der Waals surface area contributed by atoms with E-state index in [1.807, 2.05) is 12.1 Å². The number of hydrogen-bond donors (Lipinski definition) is 1. The molecular weight excluding hydrogens is 194 g/mol. The monoisotopic (exact) mass is 211 g/mol. The highest BCUT2D eigenvalue weighted by Gasteiger charge is 2.15. The number of ether oxygens (including phenoxy) is 2. The summed E-state index contributed by atoms with van der Waals surface area (Å²) in [6.07, 6.45) is 2.91. The topological polar surface area (TPSA) is 43.6 Å². The van der Waals surface area contributed by atoms with Crippen molar-refractivity contribution in [1.82, 2.24) is 5.32 Å². The third kappa shape index (κ3) is 3.06. The van der Waals surface area contributed by atoms with Gasteiger partial charge in [0.25, 0.3) is 0 Å². The van der Waals surface area contributed by atoms with Gasteiger partial charge >= 0.3 is 0 Å². The standard InChI is InChI=1S/C11H17NO3/c1-9(11-3-2-5-14-11)12-7-10-4-6-13-8-15-10/h2-3,5,9-10,12H,4,6-8H2,1H3/t9-,10?/m0/s1. The lowest BCUT2D eigenvalue weighted by Crippen LogP contribution is -2.35. The van der Waals surface area contributed by atoms with Crippen LogP contribution in [0.1, 0.15) is 25.1 Å². The van der Waals surface area contributed by atoms with Gasteiger partial charge in [-0.05, 0) is 25.5 Å². The first kappa shape index (κ1) is 10.7. The number of nitrogens with one attached hydrogen (secondary N) is 1. The number of hydrogen-bond acceptors (Lipinski definition) is 4. The molecule has 2 rings (SSSR count). The van der Waals surface area contributed by atoms with Crippen LogP contribution >= 0.6 is 0 Å². The molecule has 2 heterocycles. The summed E-state index contributed by atoms with van der Waals surface area (Å²) in [7, 11) is 0. The fourth-order valence-corrected chi connectivity index (χ4v) is 1.61. The van der Waals surface area contributed by atoms with Gasteiger partial charge in [0.2, 0.25) is 0 Å². The summed E-state index contributed by atoms with van der Waals surface area (Å²) in [5.74, 6) is 0.960. The Labute approximate surface area is 89.6 Å². The Morgan fingerprint density at radius 3 is 3.20 bits per heavy atom. The van der Waals surface area contributed by atoms with Gasteiger partial charge in [-0.3, -0.25) is 0 Å². The van der Waals surface area contributed by atoms with E-state index in [9.17, 15) is 0 Å². The van der Waals surface area contributed by atoms with Gasteiger partial charge in [0.05, 0.1) is 25.0 Å². The second-order valence-electron chi connectivity index (χ2n) is 3.75. The van der Waals surface area contributed by atoms with E-state index in [-0.39, 0.29) is 12.1 Å². The Bertz CT molecular complexity index is 267. The first-order chi connectivity index (χ1) is 7.36. The molecule has 4 nitrogen and oxygen atoms in total. The molecule has 1 aromatic heterocycles. The third-order valence-electron chi connectivity index (χ3n) is 2.59. The van der Waals surface area contributed by atoms with Gasteiger partial charge in [-0.25, -0.2) is 0 Å². The predicted molar refractivity (Wildman–Crippen MR) is 55.4 cm³/mol. The van der Waals surface area contributed by atoms with Crippen molar-refractivity contribution >= 4 is 0 Å². The minimum absolute atomic E-state index is 0.228. The zero-order chi connectivity index (χ0) is 10.5. The minimum Gasteiger partial charge on any atom is -0.468 e. The second kappa shape index (κ2) is 5.30. The molecule has 0 saturated carbocycles. The molecule has 1 aliphatic heterocycles. The fourth-order valence-electron chi connectivity index (χ4n) is 1.61. The highest BCUT2D eigenvalue weighted by Crippen LogP contribution is 2.13. The molecular formula is C11H17NO3. The van der Waals surface area contributed by atoms with Crippen molar-refractivity contribution in [1.29, 1.82) is 0 Å². The van der Waals surface area contributed by atoms with Gasteiger partial charge in [0.15, 0.2) is 0 Å². The molecule has 0 spiro atoms. The summed E-state index contributed by atoms with van der Waals surface area (Å²) >= 11 is 0. The molecule has 0 amide bonds. The summed E-state index contributed by atoms with van der Waals surface area (Å²) in [5, 5.41) is 3.38. The lowest BCUT2D eigenvalue weighted by molar-refractivity contribution is -0.137. The first-order valence-electron chi connectivity index (χ1n) is 5.32. The quantitative estimate of drug-likeness (QED) is 0.823. The molecule has 1 aliphatic rings. The van der Waals surface area contributed by atoms with Crippen molar-refractivity contribution in [3.05, 3.63) is 24.2 Å². The molecule has 2 atom stereocenters. The van der Waals surface area contributed by atoms with E-state index >= 15 is 0 Å². The molecule has 0 radical (unpaired) electrons. The smallest absolute Gasteiger partial charge is 0.147 e. The summed E-state index contributed by atoms with van der Waals surface area (Å²) in [4.78, 5) is 0. The van der Waals surface area contributed by atoms with E-state index in [1.165, 1.54) is 0 Å². The van der Waals surface area contributed by atoms with Crippen LogP contribution in [0.15, 0.2) is 22.8 Å². The van der Waals surface area contributed by atoms with Crippen molar-refractivity contribution in [2.24, 2.45) is 0 Å². The van der Waals surface area contributed by atoms with Crippen LogP contribution in [0.2, 0.25) is 0 Å². The Balaban J connectivity index is 1.73. The normalized spacial score (nSPS) is 23.9. The first-order valence-corrected chi connectivity index (χ1v) is 5.32. The van der Waals surface area contributed by atoms with E-state index in [0.717, 1.165) is 25.3 Å². The van der Waals surface area contributed by atoms with Crippen LogP contribution in [0.3, 0.4) is 0 Å². The Morgan fingerprint density at radius 1 is 1.60 bits per heavy atom. The summed E-state index contributed by atoms with van der Waals surface area (Å²) in [6.45, 7) is 4.13. The van der Waals surface area contributed by atoms with E-state index < -0.39 is 0 Å². The highest BCUT2D eigenvalue weighted by atomic mass is 16.7. The van der Waals surface area contributed by atoms with Crippen LogP contribution < -0.4 is 5.32 Å². The molecule has 0 aromatic carbocycles. The zero-order valence-electron chi connectivity index (χ0n) is 8.94. The van der Waals surface area contributed by atoms with Gasteiger partial charge in [-0.15, -0.1) is 0 Å². The van der Waals surface area contributed by atoms with Crippen LogP contribution in [0.5, 0.6) is 0 Å². The Morgan fingerprint density at radius 2 is 2.53 bits per heavy atom. The number of rotatable bonds is 4. The van der Waals surface area contributed by atoms with E-state index in [1.54, 1.807) is 6.26 Å². The van der Waals surface area contributed by atoms with Crippen LogP contribution in [0, 0.1) is 0 Å². The second-order valence-corrected chi connectivity index (χ2v) is 3.75. The predicted octanol–water partition coefficient (Wildman–Crippen LogP) is 1.69. The lowest BCUT2D eigenvalue weighted by Gasteiger charge is -2.24. The van der Waals surface area contributed by atoms with Gasteiger partial charge in [0.1, 0.15) is 12.6 Å². The molecule has 1 unspecified atom stereocenters. The molecule has 15 heavy (non-hydrogen) atoms. The molecule has 0 aliphatic carbocycles. The molecule has 1 fully saturated rings. The van der Waals surface area contributed by atoms with Crippen molar-refractivity contribution in [2.75, 3.05) is 19.9 Å². The molecule has 1 N–H and O–H groups in total. The van der Waals surface area contributed by atoms with E-state index in [0.29, 0.717) is 6.79 Å². The van der Waals surface area contributed by atoms with Crippen molar-refractivity contribution in [3.8, 4) is 0 Å². The van der Waals surface area contributed by atoms with Gasteiger partial charge in [-0.1, -0.05) is 0 Å². The SMILES string of the molecule is C[C@H](NCC1CCOCO1)c1ccco1. The van der Waals surface area contributed by atoms with Gasteiger partial charge in [0, 0.05) is 6.54 Å². The molecule has 84 valence electrons. The Kier molecular flexibility index (Phi) is 3.77. The maximum Gasteiger partial charge on any atom is 0.147 e. The highest BCUT2D eigenvalue weighted by molar-refractivity contribution is 5.02. The average Bonchev–Trinajstić information content (AvgIpc) is 2.81. The zero-order valence-corrected chi connectivity index (χ0v) is 8.94. The summed E-state index contributed by atoms with van der Waals surface area (Å²) in [6, 6.07) is 4.10. The largest absolute Gasteiger partial charge is 0.468 e. The van der Waals surface area contributed by atoms with E-state index in [2.05, 4.69) is 12.2 Å². The Hall–Kier alpha value is -0.840. The minimum atomic E-state index is 0.228. The van der Waals surface area contributed by atoms with Crippen LogP contribution in [0.25, 0.3) is 0 Å². The average molecular weight is 211 g/mol. The van der Waals surface area contributed by atoms with Crippen LogP contribution in [-0.2, 0) is 9.47 Å². The molecule has 1 saturated heterocycles. The fraction of sp³-hybridized carbons (Fsp3) is 0.636. The number of furan rings is 1. The molecule has 0 bridgehead atoms. The molecule has 1 aromatic rings. The van der Waals surface area contributed by atoms with Gasteiger partial charge in [-0.2, -0.15) is 0 Å². The maximum absolute atomic E-state index is 5.43. The van der Waals surface area contributed by atoms with E-state index in [4.69, 9.17) is 13.9 Å². The third-order valence-corrected chi connectivity index (χ3v) is 2.59.